The average Bonchev–Trinajstić information content (AvgIpc) is 2.14. The van der Waals surface area contributed by atoms with E-state index in [9.17, 15) is 9.59 Å². The Hall–Kier alpha value is -1.30. The first-order valence-electron chi connectivity index (χ1n) is 5.44. The summed E-state index contributed by atoms with van der Waals surface area (Å²) in [6, 6.07) is -1.03. The van der Waals surface area contributed by atoms with Crippen LogP contribution in [-0.2, 0) is 14.3 Å². The number of rotatable bonds is 5. The van der Waals surface area contributed by atoms with Crippen molar-refractivity contribution in [3.05, 3.63) is 0 Å². The fourth-order valence-corrected chi connectivity index (χ4v) is 1.25. The number of carboxylic acids is 1. The maximum Gasteiger partial charge on any atom is 0.411 e. The van der Waals surface area contributed by atoms with Gasteiger partial charge in [-0.15, -0.1) is 0 Å². The van der Waals surface area contributed by atoms with Crippen molar-refractivity contribution in [1.29, 1.82) is 0 Å². The van der Waals surface area contributed by atoms with Crippen LogP contribution in [0.2, 0.25) is 0 Å². The third kappa shape index (κ3) is 5.53. The minimum Gasteiger partial charge on any atom is -0.480 e. The molecule has 0 aliphatic carbocycles. The fourth-order valence-electron chi connectivity index (χ4n) is 1.25. The summed E-state index contributed by atoms with van der Waals surface area (Å²) in [4.78, 5) is 24.0. The van der Waals surface area contributed by atoms with Crippen LogP contribution in [0.3, 0.4) is 0 Å². The molecule has 0 spiro atoms. The fraction of sp³-hybridized carbons (Fsp3) is 0.818. The van der Waals surface area contributed by atoms with Crippen LogP contribution in [0.4, 0.5) is 4.79 Å². The van der Waals surface area contributed by atoms with Crippen LogP contribution in [-0.4, -0.2) is 54.0 Å². The summed E-state index contributed by atoms with van der Waals surface area (Å²) in [7, 11) is 1.39. The Kier molecular flexibility index (Phi) is 5.95. The zero-order chi connectivity index (χ0) is 13.6. The van der Waals surface area contributed by atoms with Gasteiger partial charge in [0.1, 0.15) is 5.60 Å². The molecule has 0 heterocycles. The number of carboxylic acid groups (broad SMARTS) is 1. The Labute approximate surface area is 101 Å². The standard InChI is InChI=1S/C11H21NO5/c1-6-12(8(7-16-5)9(13)14)10(15)17-11(2,3)4/h8H,6-7H2,1-5H3,(H,13,14). The molecule has 100 valence electrons. The van der Waals surface area contributed by atoms with E-state index < -0.39 is 23.7 Å². The highest BCUT2D eigenvalue weighted by atomic mass is 16.6. The van der Waals surface area contributed by atoms with E-state index in [-0.39, 0.29) is 13.2 Å². The predicted molar refractivity (Wildman–Crippen MR) is 61.9 cm³/mol. The van der Waals surface area contributed by atoms with Gasteiger partial charge in [-0.1, -0.05) is 0 Å². The molecule has 0 radical (unpaired) electrons. The van der Waals surface area contributed by atoms with E-state index in [1.165, 1.54) is 7.11 Å². The van der Waals surface area contributed by atoms with Crippen LogP contribution in [0.25, 0.3) is 0 Å². The van der Waals surface area contributed by atoms with Crippen LogP contribution in [0.5, 0.6) is 0 Å². The Balaban J connectivity index is 4.78. The number of nitrogens with zero attached hydrogens (tertiary/aromatic N) is 1. The van der Waals surface area contributed by atoms with Crippen molar-refractivity contribution >= 4 is 12.1 Å². The average molecular weight is 247 g/mol. The van der Waals surface area contributed by atoms with Crippen LogP contribution in [0, 0.1) is 0 Å². The summed E-state index contributed by atoms with van der Waals surface area (Å²) in [6.07, 6.45) is -0.649. The quantitative estimate of drug-likeness (QED) is 0.793. The topological polar surface area (TPSA) is 76.1 Å². The molecule has 0 saturated heterocycles. The maximum absolute atomic E-state index is 11.8. The number of amides is 1. The van der Waals surface area contributed by atoms with Crippen molar-refractivity contribution in [2.75, 3.05) is 20.3 Å². The Morgan fingerprint density at radius 2 is 1.88 bits per heavy atom. The highest BCUT2D eigenvalue weighted by Crippen LogP contribution is 2.12. The molecule has 6 heteroatoms. The van der Waals surface area contributed by atoms with Gasteiger partial charge in [-0.25, -0.2) is 9.59 Å². The van der Waals surface area contributed by atoms with E-state index in [0.29, 0.717) is 0 Å². The Bertz CT molecular complexity index is 272. The number of likely N-dealkylation sites (N-methyl/N-ethyl adjacent to an activating group) is 1. The van der Waals surface area contributed by atoms with Crippen molar-refractivity contribution < 1.29 is 24.2 Å². The second-order valence-electron chi connectivity index (χ2n) is 4.58. The number of ether oxygens (including phenoxy) is 2. The molecule has 0 fully saturated rings. The molecule has 17 heavy (non-hydrogen) atoms. The largest absolute Gasteiger partial charge is 0.480 e. The van der Waals surface area contributed by atoms with Gasteiger partial charge >= 0.3 is 12.1 Å². The van der Waals surface area contributed by atoms with Gasteiger partial charge in [-0.3, -0.25) is 4.90 Å². The molecule has 0 rings (SSSR count). The molecule has 0 aromatic heterocycles. The molecule has 0 aromatic carbocycles. The summed E-state index contributed by atoms with van der Waals surface area (Å²) in [5.41, 5.74) is -0.652. The van der Waals surface area contributed by atoms with Crippen LogP contribution >= 0.6 is 0 Å². The molecule has 0 aromatic rings. The van der Waals surface area contributed by atoms with E-state index in [1.807, 2.05) is 0 Å². The molecule has 6 nitrogen and oxygen atoms in total. The van der Waals surface area contributed by atoms with Crippen molar-refractivity contribution in [2.45, 2.75) is 39.3 Å². The molecule has 0 saturated carbocycles. The van der Waals surface area contributed by atoms with Gasteiger partial charge in [0.25, 0.3) is 0 Å². The van der Waals surface area contributed by atoms with Crippen LogP contribution in [0.15, 0.2) is 0 Å². The number of aliphatic carboxylic acids is 1. The monoisotopic (exact) mass is 247 g/mol. The van der Waals surface area contributed by atoms with Gasteiger partial charge in [0.15, 0.2) is 6.04 Å². The van der Waals surface area contributed by atoms with E-state index >= 15 is 0 Å². The molecule has 0 aliphatic heterocycles. The minimum atomic E-state index is -1.11. The number of hydrogen-bond donors (Lipinski definition) is 1. The van der Waals surface area contributed by atoms with Crippen molar-refractivity contribution in [3.63, 3.8) is 0 Å². The molecule has 1 amide bonds. The summed E-state index contributed by atoms with van der Waals surface area (Å²) in [5.74, 6) is -1.11. The van der Waals surface area contributed by atoms with E-state index in [1.54, 1.807) is 27.7 Å². The molecule has 1 N–H and O–H groups in total. The van der Waals surface area contributed by atoms with Gasteiger partial charge in [0, 0.05) is 13.7 Å². The summed E-state index contributed by atoms with van der Waals surface area (Å²) < 4.78 is 9.93. The van der Waals surface area contributed by atoms with Crippen LogP contribution in [0.1, 0.15) is 27.7 Å². The molecule has 0 aliphatic rings. The summed E-state index contributed by atoms with van der Waals surface area (Å²) in [6.45, 7) is 7.05. The summed E-state index contributed by atoms with van der Waals surface area (Å²) >= 11 is 0. The molecule has 1 atom stereocenters. The lowest BCUT2D eigenvalue weighted by molar-refractivity contribution is -0.145. The first kappa shape index (κ1) is 15.7. The zero-order valence-electron chi connectivity index (χ0n) is 11.0. The first-order valence-corrected chi connectivity index (χ1v) is 5.44. The number of carbonyl (C=O) groups is 2. The molecular weight excluding hydrogens is 226 g/mol. The third-order valence-corrected chi connectivity index (χ3v) is 1.95. The Morgan fingerprint density at radius 1 is 1.35 bits per heavy atom. The van der Waals surface area contributed by atoms with Gasteiger partial charge in [-0.05, 0) is 27.7 Å². The van der Waals surface area contributed by atoms with Crippen LogP contribution < -0.4 is 0 Å². The molecule has 1 unspecified atom stereocenters. The lowest BCUT2D eigenvalue weighted by Crippen LogP contribution is -2.49. The van der Waals surface area contributed by atoms with E-state index in [4.69, 9.17) is 14.6 Å². The van der Waals surface area contributed by atoms with Gasteiger partial charge in [-0.2, -0.15) is 0 Å². The number of methoxy groups -OCH3 is 1. The predicted octanol–water partition coefficient (Wildman–Crippen LogP) is 1.34. The minimum absolute atomic E-state index is 0.0670. The summed E-state index contributed by atoms with van der Waals surface area (Å²) in [5, 5.41) is 9.02. The van der Waals surface area contributed by atoms with Gasteiger partial charge in [0.2, 0.25) is 0 Å². The molecular formula is C11H21NO5. The van der Waals surface area contributed by atoms with E-state index in [2.05, 4.69) is 0 Å². The third-order valence-electron chi connectivity index (χ3n) is 1.95. The second kappa shape index (κ2) is 6.44. The zero-order valence-corrected chi connectivity index (χ0v) is 11.0. The lowest BCUT2D eigenvalue weighted by atomic mass is 10.2. The molecule has 0 bridgehead atoms. The lowest BCUT2D eigenvalue weighted by Gasteiger charge is -2.30. The van der Waals surface area contributed by atoms with Crippen molar-refractivity contribution in [2.24, 2.45) is 0 Å². The first-order chi connectivity index (χ1) is 7.72. The highest BCUT2D eigenvalue weighted by molar-refractivity contribution is 5.80. The van der Waals surface area contributed by atoms with Crippen molar-refractivity contribution in [1.82, 2.24) is 4.90 Å². The smallest absolute Gasteiger partial charge is 0.411 e. The maximum atomic E-state index is 11.8. The van der Waals surface area contributed by atoms with Gasteiger partial charge in [0.05, 0.1) is 6.61 Å². The SMILES string of the molecule is CCN(C(=O)OC(C)(C)C)C(COC)C(=O)O. The Morgan fingerprint density at radius 3 is 2.18 bits per heavy atom. The highest BCUT2D eigenvalue weighted by Gasteiger charge is 2.31. The number of carbonyl (C=O) groups excluding carboxylic acids is 1. The number of hydrogen-bond acceptors (Lipinski definition) is 4. The van der Waals surface area contributed by atoms with Gasteiger partial charge < -0.3 is 14.6 Å². The van der Waals surface area contributed by atoms with E-state index in [0.717, 1.165) is 4.90 Å². The second-order valence-corrected chi connectivity index (χ2v) is 4.58. The van der Waals surface area contributed by atoms with Crippen molar-refractivity contribution in [3.8, 4) is 0 Å². The normalized spacial score (nSPS) is 13.0.